The van der Waals surface area contributed by atoms with Gasteiger partial charge < -0.3 is 20.8 Å². The number of benzene rings is 1. The van der Waals surface area contributed by atoms with Gasteiger partial charge in [-0.25, -0.2) is 0 Å². The van der Waals surface area contributed by atoms with E-state index in [0.717, 1.165) is 12.8 Å². The van der Waals surface area contributed by atoms with E-state index in [2.05, 4.69) is 10.6 Å². The third kappa shape index (κ3) is 4.59. The van der Waals surface area contributed by atoms with Crippen LogP contribution in [0, 0.1) is 5.92 Å². The number of carbonyl (C=O) groups is 2. The highest BCUT2D eigenvalue weighted by molar-refractivity contribution is 6.03. The standard InChI is InChI=1S/C17H19N3O3.ClH/c18-14(11-6-7-11)10-19-16(21)12-3-1-4-13(9-12)20-17(22)15-5-2-8-23-15;/h1-5,8-9,11,14H,6-7,10,18H2,(H,19,21)(H,20,22);1H. The van der Waals surface area contributed by atoms with Crippen molar-refractivity contribution < 1.29 is 14.0 Å². The summed E-state index contributed by atoms with van der Waals surface area (Å²) in [6.07, 6.45) is 3.72. The summed E-state index contributed by atoms with van der Waals surface area (Å²) in [5.74, 6) is 0.197. The smallest absolute Gasteiger partial charge is 0.291 e. The Morgan fingerprint density at radius 2 is 2.00 bits per heavy atom. The quantitative estimate of drug-likeness (QED) is 0.746. The predicted molar refractivity (Wildman–Crippen MR) is 93.4 cm³/mol. The van der Waals surface area contributed by atoms with Crippen LogP contribution in [0.3, 0.4) is 0 Å². The van der Waals surface area contributed by atoms with Crippen molar-refractivity contribution in [3.05, 3.63) is 54.0 Å². The van der Waals surface area contributed by atoms with E-state index in [1.807, 2.05) is 0 Å². The van der Waals surface area contributed by atoms with Crippen LogP contribution in [-0.2, 0) is 0 Å². The Morgan fingerprint density at radius 3 is 2.67 bits per heavy atom. The zero-order valence-corrected chi connectivity index (χ0v) is 13.8. The molecule has 1 aromatic heterocycles. The molecule has 0 radical (unpaired) electrons. The molecule has 1 aliphatic carbocycles. The molecule has 0 saturated heterocycles. The lowest BCUT2D eigenvalue weighted by Crippen LogP contribution is -2.38. The summed E-state index contributed by atoms with van der Waals surface area (Å²) in [6, 6.07) is 9.98. The van der Waals surface area contributed by atoms with Crippen LogP contribution in [0.1, 0.15) is 33.8 Å². The topological polar surface area (TPSA) is 97.4 Å². The predicted octanol–water partition coefficient (Wildman–Crippen LogP) is 2.42. The fourth-order valence-corrected chi connectivity index (χ4v) is 2.34. The van der Waals surface area contributed by atoms with Crippen molar-refractivity contribution in [3.63, 3.8) is 0 Å². The van der Waals surface area contributed by atoms with E-state index < -0.39 is 0 Å². The monoisotopic (exact) mass is 349 g/mol. The van der Waals surface area contributed by atoms with Crippen molar-refractivity contribution in [1.29, 1.82) is 0 Å². The van der Waals surface area contributed by atoms with Crippen LogP contribution in [0.2, 0.25) is 0 Å². The number of carbonyl (C=O) groups excluding carboxylic acids is 2. The minimum Gasteiger partial charge on any atom is -0.459 e. The summed E-state index contributed by atoms with van der Waals surface area (Å²) in [4.78, 5) is 24.1. The van der Waals surface area contributed by atoms with Crippen molar-refractivity contribution in [1.82, 2.24) is 5.32 Å². The summed E-state index contributed by atoms with van der Waals surface area (Å²) in [6.45, 7) is 0.465. The molecule has 1 fully saturated rings. The van der Waals surface area contributed by atoms with Gasteiger partial charge in [0.05, 0.1) is 6.26 Å². The molecule has 0 bridgehead atoms. The Bertz CT molecular complexity index is 699. The van der Waals surface area contributed by atoms with Crippen molar-refractivity contribution in [3.8, 4) is 0 Å². The lowest BCUT2D eigenvalue weighted by atomic mass is 10.1. The van der Waals surface area contributed by atoms with Crippen LogP contribution in [0.4, 0.5) is 5.69 Å². The average Bonchev–Trinajstić information content (AvgIpc) is 3.26. The SMILES string of the molecule is Cl.NC(CNC(=O)c1cccc(NC(=O)c2ccco2)c1)C1CC1. The van der Waals surface area contributed by atoms with Crippen molar-refractivity contribution >= 4 is 29.9 Å². The number of hydrogen-bond acceptors (Lipinski definition) is 4. The van der Waals surface area contributed by atoms with E-state index in [4.69, 9.17) is 10.2 Å². The highest BCUT2D eigenvalue weighted by Crippen LogP contribution is 2.31. The zero-order valence-electron chi connectivity index (χ0n) is 13.0. The van der Waals surface area contributed by atoms with E-state index in [0.29, 0.717) is 23.7 Å². The molecular formula is C17H20ClN3O3. The average molecular weight is 350 g/mol. The fourth-order valence-electron chi connectivity index (χ4n) is 2.34. The van der Waals surface area contributed by atoms with Crippen LogP contribution in [0.25, 0.3) is 0 Å². The molecule has 1 aliphatic rings. The summed E-state index contributed by atoms with van der Waals surface area (Å²) in [5.41, 5.74) is 6.98. The second kappa shape index (κ2) is 7.99. The van der Waals surface area contributed by atoms with E-state index in [9.17, 15) is 9.59 Å². The molecule has 6 nitrogen and oxygen atoms in total. The Balaban J connectivity index is 0.00000208. The summed E-state index contributed by atoms with van der Waals surface area (Å²) >= 11 is 0. The second-order valence-electron chi connectivity index (χ2n) is 5.72. The van der Waals surface area contributed by atoms with Gasteiger partial charge in [-0.3, -0.25) is 9.59 Å². The number of amides is 2. The van der Waals surface area contributed by atoms with Crippen molar-refractivity contribution in [2.24, 2.45) is 11.7 Å². The molecule has 1 atom stereocenters. The van der Waals surface area contributed by atoms with Crippen LogP contribution >= 0.6 is 12.4 Å². The Morgan fingerprint density at radius 1 is 1.21 bits per heavy atom. The fraction of sp³-hybridized carbons (Fsp3) is 0.294. The number of furan rings is 1. The number of nitrogens with two attached hydrogens (primary N) is 1. The third-order valence-corrected chi connectivity index (χ3v) is 3.85. The van der Waals surface area contributed by atoms with E-state index >= 15 is 0 Å². The van der Waals surface area contributed by atoms with Crippen LogP contribution < -0.4 is 16.4 Å². The Labute approximate surface area is 146 Å². The van der Waals surface area contributed by atoms with Gasteiger partial charge in [0.15, 0.2) is 5.76 Å². The van der Waals surface area contributed by atoms with Gasteiger partial charge in [0.2, 0.25) is 0 Å². The molecule has 7 heteroatoms. The first-order valence-corrected chi connectivity index (χ1v) is 7.62. The summed E-state index contributed by atoms with van der Waals surface area (Å²) in [5, 5.41) is 5.53. The van der Waals surface area contributed by atoms with Gasteiger partial charge in [-0.2, -0.15) is 0 Å². The van der Waals surface area contributed by atoms with Gasteiger partial charge in [0.25, 0.3) is 11.8 Å². The van der Waals surface area contributed by atoms with Crippen LogP contribution in [0.15, 0.2) is 47.1 Å². The van der Waals surface area contributed by atoms with Gasteiger partial charge in [-0.05, 0) is 49.1 Å². The Hall–Kier alpha value is -2.31. The van der Waals surface area contributed by atoms with E-state index in [-0.39, 0.29) is 36.0 Å². The molecule has 3 rings (SSSR count). The first-order valence-electron chi connectivity index (χ1n) is 7.62. The molecule has 2 aromatic rings. The molecule has 0 spiro atoms. The van der Waals surface area contributed by atoms with Gasteiger partial charge >= 0.3 is 0 Å². The second-order valence-corrected chi connectivity index (χ2v) is 5.72. The van der Waals surface area contributed by atoms with E-state index in [1.165, 1.54) is 6.26 Å². The molecule has 128 valence electrons. The van der Waals surface area contributed by atoms with Gasteiger partial charge in [-0.15, -0.1) is 12.4 Å². The number of rotatable bonds is 6. The highest BCUT2D eigenvalue weighted by Gasteiger charge is 2.28. The maximum Gasteiger partial charge on any atom is 0.291 e. The van der Waals surface area contributed by atoms with E-state index in [1.54, 1.807) is 36.4 Å². The maximum atomic E-state index is 12.2. The van der Waals surface area contributed by atoms with Crippen LogP contribution in [-0.4, -0.2) is 24.4 Å². The van der Waals surface area contributed by atoms with Gasteiger partial charge in [0, 0.05) is 23.8 Å². The van der Waals surface area contributed by atoms with Gasteiger partial charge in [0.1, 0.15) is 0 Å². The Kier molecular flexibility index (Phi) is 6.00. The first-order chi connectivity index (χ1) is 11.1. The number of halogens is 1. The van der Waals surface area contributed by atoms with Gasteiger partial charge in [-0.1, -0.05) is 6.07 Å². The van der Waals surface area contributed by atoms with Crippen LogP contribution in [0.5, 0.6) is 0 Å². The maximum absolute atomic E-state index is 12.2. The third-order valence-electron chi connectivity index (χ3n) is 3.85. The lowest BCUT2D eigenvalue weighted by Gasteiger charge is -2.12. The molecular weight excluding hydrogens is 330 g/mol. The number of hydrogen-bond donors (Lipinski definition) is 3. The number of anilines is 1. The van der Waals surface area contributed by atoms with Crippen molar-refractivity contribution in [2.75, 3.05) is 11.9 Å². The lowest BCUT2D eigenvalue weighted by molar-refractivity contribution is 0.0948. The first kappa shape index (κ1) is 18.0. The molecule has 1 aromatic carbocycles. The highest BCUT2D eigenvalue weighted by atomic mass is 35.5. The summed E-state index contributed by atoms with van der Waals surface area (Å²) in [7, 11) is 0. The normalized spacial score (nSPS) is 14.4. The minimum atomic E-state index is -0.358. The molecule has 0 aliphatic heterocycles. The van der Waals surface area contributed by atoms with Crippen molar-refractivity contribution in [2.45, 2.75) is 18.9 Å². The largest absolute Gasteiger partial charge is 0.459 e. The summed E-state index contributed by atoms with van der Waals surface area (Å²) < 4.78 is 5.03. The molecule has 24 heavy (non-hydrogen) atoms. The molecule has 4 N–H and O–H groups in total. The zero-order chi connectivity index (χ0) is 16.2. The molecule has 1 unspecified atom stereocenters. The minimum absolute atomic E-state index is 0. The molecule has 2 amide bonds. The molecule has 1 heterocycles. The molecule has 1 saturated carbocycles. The number of nitrogens with one attached hydrogen (secondary N) is 2.